The van der Waals surface area contributed by atoms with Crippen molar-refractivity contribution >= 4 is 16.9 Å². The Morgan fingerprint density at radius 1 is 1.09 bits per heavy atom. The molecule has 4 rings (SSSR count). The highest BCUT2D eigenvalue weighted by Gasteiger charge is 2.55. The third kappa shape index (κ3) is 5.11. The SMILES string of the molecule is C=C(C)C(=O)OC1CCC(Oc2ccc3cc(-c4ccccc4CC)c(=O)oc3c2)C1C(F)(F)F. The third-order valence-electron chi connectivity index (χ3n) is 6.20. The van der Waals surface area contributed by atoms with Gasteiger partial charge in [-0.1, -0.05) is 37.8 Å². The first-order chi connectivity index (χ1) is 16.6. The lowest BCUT2D eigenvalue weighted by Crippen LogP contribution is -2.41. The molecule has 0 N–H and O–H groups in total. The van der Waals surface area contributed by atoms with E-state index in [9.17, 15) is 22.8 Å². The Bertz CT molecular complexity index is 1320. The molecule has 2 aromatic carbocycles. The van der Waals surface area contributed by atoms with Crippen LogP contribution in [-0.2, 0) is 16.0 Å². The van der Waals surface area contributed by atoms with Crippen LogP contribution in [-0.4, -0.2) is 24.4 Å². The molecule has 3 atom stereocenters. The molecule has 1 fully saturated rings. The molecule has 35 heavy (non-hydrogen) atoms. The van der Waals surface area contributed by atoms with E-state index in [1.807, 2.05) is 31.2 Å². The molecule has 1 aliphatic carbocycles. The standard InChI is InChI=1S/C27H25F3O5/c1-4-16-7-5-6-8-19(16)20-13-17-9-10-18(14-23(17)35-26(20)32)33-21-11-12-22(24(21)27(28,29)30)34-25(31)15(2)3/h5-10,13-14,21-22,24H,2,4,11-12H2,1,3H3. The lowest BCUT2D eigenvalue weighted by atomic mass is 9.98. The summed E-state index contributed by atoms with van der Waals surface area (Å²) in [6.07, 6.45) is -6.44. The zero-order valence-electron chi connectivity index (χ0n) is 19.4. The van der Waals surface area contributed by atoms with Crippen LogP contribution in [0.1, 0.15) is 32.3 Å². The molecule has 1 saturated carbocycles. The van der Waals surface area contributed by atoms with Crippen molar-refractivity contribution in [2.75, 3.05) is 0 Å². The maximum Gasteiger partial charge on any atom is 0.398 e. The van der Waals surface area contributed by atoms with Crippen LogP contribution >= 0.6 is 0 Å². The topological polar surface area (TPSA) is 65.7 Å². The second-order valence-electron chi connectivity index (χ2n) is 8.68. The molecule has 0 aliphatic heterocycles. The number of halogens is 3. The number of aryl methyl sites for hydroxylation is 1. The minimum atomic E-state index is -4.63. The van der Waals surface area contributed by atoms with E-state index in [2.05, 4.69) is 6.58 Å². The number of carbonyl (C=O) groups excluding carboxylic acids is 1. The fourth-order valence-electron chi connectivity index (χ4n) is 4.47. The molecule has 8 heteroatoms. The van der Waals surface area contributed by atoms with Crippen molar-refractivity contribution in [1.82, 2.24) is 0 Å². The van der Waals surface area contributed by atoms with Gasteiger partial charge in [0.25, 0.3) is 0 Å². The van der Waals surface area contributed by atoms with Crippen LogP contribution in [0.3, 0.4) is 0 Å². The lowest BCUT2D eigenvalue weighted by molar-refractivity contribution is -0.215. The van der Waals surface area contributed by atoms with Gasteiger partial charge in [0.15, 0.2) is 0 Å². The van der Waals surface area contributed by atoms with E-state index in [1.54, 1.807) is 18.2 Å². The van der Waals surface area contributed by atoms with Crippen molar-refractivity contribution in [3.63, 3.8) is 0 Å². The Morgan fingerprint density at radius 3 is 2.49 bits per heavy atom. The van der Waals surface area contributed by atoms with Gasteiger partial charge in [-0.2, -0.15) is 13.2 Å². The zero-order chi connectivity index (χ0) is 25.3. The van der Waals surface area contributed by atoms with E-state index in [1.165, 1.54) is 13.0 Å². The summed E-state index contributed by atoms with van der Waals surface area (Å²) in [5.74, 6) is -2.72. The molecule has 3 unspecified atom stereocenters. The molecule has 0 saturated heterocycles. The van der Waals surface area contributed by atoms with Gasteiger partial charge in [0.1, 0.15) is 29.5 Å². The van der Waals surface area contributed by atoms with Crippen molar-refractivity contribution < 1.29 is 31.9 Å². The van der Waals surface area contributed by atoms with Crippen LogP contribution in [0.2, 0.25) is 0 Å². The predicted octanol–water partition coefficient (Wildman–Crippen LogP) is 6.23. The van der Waals surface area contributed by atoms with Gasteiger partial charge in [-0.25, -0.2) is 9.59 Å². The van der Waals surface area contributed by atoms with Gasteiger partial charge in [0.05, 0.1) is 5.56 Å². The van der Waals surface area contributed by atoms with Crippen LogP contribution in [0.5, 0.6) is 5.75 Å². The summed E-state index contributed by atoms with van der Waals surface area (Å²) < 4.78 is 57.7. The van der Waals surface area contributed by atoms with Crippen LogP contribution in [0.4, 0.5) is 13.2 Å². The summed E-state index contributed by atoms with van der Waals surface area (Å²) in [5, 5.41) is 0.616. The van der Waals surface area contributed by atoms with Gasteiger partial charge in [-0.05, 0) is 55.5 Å². The third-order valence-corrected chi connectivity index (χ3v) is 6.20. The average Bonchev–Trinajstić information content (AvgIpc) is 3.20. The van der Waals surface area contributed by atoms with Gasteiger partial charge >= 0.3 is 17.8 Å². The van der Waals surface area contributed by atoms with Crippen LogP contribution in [0.15, 0.2) is 69.9 Å². The summed E-state index contributed by atoms with van der Waals surface area (Å²) in [7, 11) is 0. The van der Waals surface area contributed by atoms with E-state index in [-0.39, 0.29) is 29.7 Å². The van der Waals surface area contributed by atoms with Gasteiger partial charge in [0.2, 0.25) is 0 Å². The number of hydrogen-bond acceptors (Lipinski definition) is 5. The van der Waals surface area contributed by atoms with Crippen molar-refractivity contribution in [2.24, 2.45) is 5.92 Å². The minimum Gasteiger partial charge on any atom is -0.489 e. The number of esters is 1. The summed E-state index contributed by atoms with van der Waals surface area (Å²) in [4.78, 5) is 24.5. The summed E-state index contributed by atoms with van der Waals surface area (Å²) >= 11 is 0. The van der Waals surface area contributed by atoms with E-state index in [4.69, 9.17) is 13.9 Å². The molecule has 3 aromatic rings. The highest BCUT2D eigenvalue weighted by atomic mass is 19.4. The van der Waals surface area contributed by atoms with E-state index < -0.39 is 35.9 Å². The predicted molar refractivity (Wildman–Crippen MR) is 125 cm³/mol. The van der Waals surface area contributed by atoms with Gasteiger partial charge in [0, 0.05) is 17.0 Å². The summed E-state index contributed by atoms with van der Waals surface area (Å²) in [6.45, 7) is 6.79. The number of hydrogen-bond donors (Lipinski definition) is 0. The number of ether oxygens (including phenoxy) is 2. The molecular formula is C27H25F3O5. The maximum absolute atomic E-state index is 13.8. The quantitative estimate of drug-likeness (QED) is 0.235. The van der Waals surface area contributed by atoms with E-state index in [0.717, 1.165) is 17.5 Å². The molecule has 1 heterocycles. The van der Waals surface area contributed by atoms with Crippen LogP contribution < -0.4 is 10.4 Å². The zero-order valence-corrected chi connectivity index (χ0v) is 19.4. The minimum absolute atomic E-state index is 0.0106. The molecule has 1 aliphatic rings. The number of carbonyl (C=O) groups is 1. The van der Waals surface area contributed by atoms with Gasteiger partial charge in [-0.3, -0.25) is 0 Å². The molecular weight excluding hydrogens is 461 g/mol. The molecule has 1 aromatic heterocycles. The van der Waals surface area contributed by atoms with Gasteiger partial charge in [-0.15, -0.1) is 0 Å². The normalized spacial score (nSPS) is 20.1. The van der Waals surface area contributed by atoms with Crippen LogP contribution in [0.25, 0.3) is 22.1 Å². The Labute approximate surface area is 200 Å². The van der Waals surface area contributed by atoms with Crippen molar-refractivity contribution in [2.45, 2.75) is 51.5 Å². The fourth-order valence-corrected chi connectivity index (χ4v) is 4.47. The lowest BCUT2D eigenvalue weighted by Gasteiger charge is -2.27. The number of rotatable bonds is 6. The van der Waals surface area contributed by atoms with Gasteiger partial charge < -0.3 is 13.9 Å². The highest BCUT2D eigenvalue weighted by molar-refractivity contribution is 5.87. The molecule has 184 valence electrons. The molecule has 0 spiro atoms. The largest absolute Gasteiger partial charge is 0.489 e. The first kappa shape index (κ1) is 24.6. The number of benzene rings is 2. The van der Waals surface area contributed by atoms with Crippen molar-refractivity contribution in [3.8, 4) is 16.9 Å². The second kappa shape index (κ2) is 9.60. The second-order valence-corrected chi connectivity index (χ2v) is 8.68. The Balaban J connectivity index is 1.61. The fraction of sp³-hybridized carbons (Fsp3) is 0.333. The highest BCUT2D eigenvalue weighted by Crippen LogP contribution is 2.43. The van der Waals surface area contributed by atoms with E-state index >= 15 is 0 Å². The molecule has 0 bridgehead atoms. The smallest absolute Gasteiger partial charge is 0.398 e. The summed E-state index contributed by atoms with van der Waals surface area (Å²) in [5.41, 5.74) is 1.88. The Morgan fingerprint density at radius 2 is 1.80 bits per heavy atom. The molecule has 0 amide bonds. The number of fused-ring (bicyclic) bond motifs is 1. The van der Waals surface area contributed by atoms with Crippen molar-refractivity contribution in [3.05, 3.63) is 76.7 Å². The molecule has 0 radical (unpaired) electrons. The monoisotopic (exact) mass is 486 g/mol. The van der Waals surface area contributed by atoms with E-state index in [0.29, 0.717) is 10.9 Å². The first-order valence-corrected chi connectivity index (χ1v) is 11.3. The Hall–Kier alpha value is -3.55. The maximum atomic E-state index is 13.8. The number of alkyl halides is 3. The first-order valence-electron chi connectivity index (χ1n) is 11.3. The van der Waals surface area contributed by atoms with Crippen molar-refractivity contribution in [1.29, 1.82) is 0 Å². The average molecular weight is 486 g/mol. The molecule has 5 nitrogen and oxygen atoms in total. The van der Waals surface area contributed by atoms with Crippen LogP contribution in [0, 0.1) is 5.92 Å². The Kier molecular flexibility index (Phi) is 6.74. The summed E-state index contributed by atoms with van der Waals surface area (Å²) in [6, 6.07) is 13.8.